The van der Waals surface area contributed by atoms with Crippen LogP contribution in [0.4, 0.5) is 0 Å². The quantitative estimate of drug-likeness (QED) is 0.787. The van der Waals surface area contributed by atoms with Gasteiger partial charge in [-0.25, -0.2) is 0 Å². The Balaban J connectivity index is 1.49. The molecule has 1 aliphatic carbocycles. The molecule has 1 amide bonds. The predicted molar refractivity (Wildman–Crippen MR) is 101 cm³/mol. The van der Waals surface area contributed by atoms with Gasteiger partial charge in [0.1, 0.15) is 12.4 Å². The zero-order valence-electron chi connectivity index (χ0n) is 16.0. The summed E-state index contributed by atoms with van der Waals surface area (Å²) in [5.41, 5.74) is 0.649. The van der Waals surface area contributed by atoms with Crippen LogP contribution >= 0.6 is 0 Å². The third-order valence-electron chi connectivity index (χ3n) is 5.81. The second kappa shape index (κ2) is 8.09. The van der Waals surface area contributed by atoms with E-state index >= 15 is 0 Å². The Hall–Kier alpha value is -2.06. The fraction of sp³-hybridized carbons (Fsp3) is 0.619. The first-order chi connectivity index (χ1) is 12.5. The van der Waals surface area contributed by atoms with Crippen molar-refractivity contribution < 1.29 is 9.53 Å². The van der Waals surface area contributed by atoms with Gasteiger partial charge in [-0.2, -0.15) is 5.26 Å². The van der Waals surface area contributed by atoms with Gasteiger partial charge in [-0.15, -0.1) is 0 Å². The first-order valence-corrected chi connectivity index (χ1v) is 9.61. The lowest BCUT2D eigenvalue weighted by atomic mass is 9.90. The van der Waals surface area contributed by atoms with Crippen molar-refractivity contribution >= 4 is 5.91 Å². The highest BCUT2D eigenvalue weighted by atomic mass is 16.5. The Morgan fingerprint density at radius 3 is 2.42 bits per heavy atom. The van der Waals surface area contributed by atoms with Crippen LogP contribution in [0.1, 0.15) is 32.3 Å². The van der Waals surface area contributed by atoms with E-state index in [-0.39, 0.29) is 11.8 Å². The minimum atomic E-state index is 0.0678. The number of piperidine rings is 1. The van der Waals surface area contributed by atoms with Crippen LogP contribution in [0.3, 0.4) is 0 Å². The van der Waals surface area contributed by atoms with E-state index in [0.29, 0.717) is 30.0 Å². The molecule has 140 valence electrons. The van der Waals surface area contributed by atoms with Gasteiger partial charge < -0.3 is 9.64 Å². The van der Waals surface area contributed by atoms with Crippen molar-refractivity contribution in [2.24, 2.45) is 17.8 Å². The van der Waals surface area contributed by atoms with Crippen LogP contribution in [0, 0.1) is 29.1 Å². The summed E-state index contributed by atoms with van der Waals surface area (Å²) in [6.07, 6.45) is 2.44. The molecule has 5 heteroatoms. The summed E-state index contributed by atoms with van der Waals surface area (Å²) in [6.45, 7) is 7.62. The highest BCUT2D eigenvalue weighted by Gasteiger charge is 2.45. The van der Waals surface area contributed by atoms with Crippen molar-refractivity contribution in [3.8, 4) is 11.8 Å². The second-order valence-electron chi connectivity index (χ2n) is 7.94. The smallest absolute Gasteiger partial charge is 0.225 e. The Labute approximate surface area is 156 Å². The lowest BCUT2D eigenvalue weighted by molar-refractivity contribution is -0.138. The van der Waals surface area contributed by atoms with Crippen LogP contribution in [-0.2, 0) is 4.79 Å². The van der Waals surface area contributed by atoms with Crippen LogP contribution in [-0.4, -0.2) is 55.0 Å². The molecular weight excluding hydrogens is 326 g/mol. The number of likely N-dealkylation sites (tertiary alicyclic amines) is 1. The van der Waals surface area contributed by atoms with E-state index in [1.165, 1.54) is 12.8 Å². The number of fused-ring (bicyclic) bond motifs is 2. The van der Waals surface area contributed by atoms with E-state index in [1.54, 1.807) is 12.1 Å². The summed E-state index contributed by atoms with van der Waals surface area (Å²) in [6, 6.07) is 9.78. The number of carbonyl (C=O) groups is 1. The van der Waals surface area contributed by atoms with E-state index in [2.05, 4.69) is 11.0 Å². The number of amides is 1. The zero-order valence-corrected chi connectivity index (χ0v) is 16.0. The van der Waals surface area contributed by atoms with Crippen molar-refractivity contribution in [3.05, 3.63) is 29.8 Å². The number of hydrogen-bond donors (Lipinski definition) is 0. The summed E-state index contributed by atoms with van der Waals surface area (Å²) >= 11 is 0. The molecule has 5 nitrogen and oxygen atoms in total. The monoisotopic (exact) mass is 355 g/mol. The molecule has 2 fully saturated rings. The molecule has 2 aliphatic rings. The SMILES string of the molecule is CC(C)C(=O)N(C)C1C2CCC1CN(CCOc1ccc(C#N)cc1)C2. The van der Waals surface area contributed by atoms with Gasteiger partial charge in [0.05, 0.1) is 11.6 Å². The van der Waals surface area contributed by atoms with Gasteiger partial charge in [0.15, 0.2) is 0 Å². The largest absolute Gasteiger partial charge is 0.492 e. The lowest BCUT2D eigenvalue weighted by Crippen LogP contribution is -2.54. The average Bonchev–Trinajstić information content (AvgIpc) is 2.91. The molecule has 3 rings (SSSR count). The Bertz CT molecular complexity index is 651. The molecule has 2 bridgehead atoms. The normalized spacial score (nSPS) is 25.1. The van der Waals surface area contributed by atoms with Crippen LogP contribution in [0.15, 0.2) is 24.3 Å². The summed E-state index contributed by atoms with van der Waals surface area (Å²) in [7, 11) is 1.99. The Kier molecular flexibility index (Phi) is 5.83. The summed E-state index contributed by atoms with van der Waals surface area (Å²) in [4.78, 5) is 16.9. The second-order valence-corrected chi connectivity index (χ2v) is 7.94. The number of carbonyl (C=O) groups excluding carboxylic acids is 1. The van der Waals surface area contributed by atoms with E-state index in [4.69, 9.17) is 10.00 Å². The van der Waals surface area contributed by atoms with Crippen molar-refractivity contribution in [1.29, 1.82) is 5.26 Å². The van der Waals surface area contributed by atoms with E-state index < -0.39 is 0 Å². The predicted octanol–water partition coefficient (Wildman–Crippen LogP) is 2.76. The maximum atomic E-state index is 12.4. The first-order valence-electron chi connectivity index (χ1n) is 9.61. The fourth-order valence-electron chi connectivity index (χ4n) is 4.58. The fourth-order valence-corrected chi connectivity index (χ4v) is 4.58. The molecule has 1 aromatic rings. The summed E-state index contributed by atoms with van der Waals surface area (Å²) < 4.78 is 5.83. The van der Waals surface area contributed by atoms with Crippen molar-refractivity contribution in [3.63, 3.8) is 0 Å². The van der Waals surface area contributed by atoms with Crippen molar-refractivity contribution in [2.75, 3.05) is 33.3 Å². The number of hydrogen-bond acceptors (Lipinski definition) is 4. The lowest BCUT2D eigenvalue weighted by Gasteiger charge is -2.42. The Morgan fingerprint density at radius 2 is 1.88 bits per heavy atom. The number of rotatable bonds is 6. The van der Waals surface area contributed by atoms with Gasteiger partial charge in [-0.3, -0.25) is 9.69 Å². The topological polar surface area (TPSA) is 56.6 Å². The minimum absolute atomic E-state index is 0.0678. The molecule has 1 saturated heterocycles. The van der Waals surface area contributed by atoms with Gasteiger partial charge in [-0.1, -0.05) is 13.8 Å². The third kappa shape index (κ3) is 4.02. The number of nitrogens with zero attached hydrogens (tertiary/aromatic N) is 3. The van der Waals surface area contributed by atoms with Crippen LogP contribution < -0.4 is 4.74 Å². The standard InChI is InChI=1S/C21H29N3O2/c1-15(2)21(25)23(3)20-17-6-7-18(20)14-24(13-17)10-11-26-19-8-4-16(12-22)5-9-19/h4-5,8-9,15,17-18,20H,6-7,10-11,13-14H2,1-3H3. The maximum absolute atomic E-state index is 12.4. The van der Waals surface area contributed by atoms with Crippen molar-refractivity contribution in [2.45, 2.75) is 32.7 Å². The highest BCUT2D eigenvalue weighted by Crippen LogP contribution is 2.39. The number of benzene rings is 1. The Morgan fingerprint density at radius 1 is 1.27 bits per heavy atom. The highest BCUT2D eigenvalue weighted by molar-refractivity contribution is 5.78. The molecule has 1 saturated carbocycles. The number of ether oxygens (including phenoxy) is 1. The van der Waals surface area contributed by atoms with Crippen LogP contribution in [0.5, 0.6) is 5.75 Å². The third-order valence-corrected chi connectivity index (χ3v) is 5.81. The molecule has 1 heterocycles. The molecular formula is C21H29N3O2. The van der Waals surface area contributed by atoms with Crippen LogP contribution in [0.25, 0.3) is 0 Å². The molecule has 26 heavy (non-hydrogen) atoms. The van der Waals surface area contributed by atoms with Gasteiger partial charge >= 0.3 is 0 Å². The molecule has 1 aliphatic heterocycles. The molecule has 2 unspecified atom stereocenters. The van der Waals surface area contributed by atoms with Gasteiger partial charge in [-0.05, 0) is 48.9 Å². The van der Waals surface area contributed by atoms with E-state index in [1.807, 2.05) is 37.9 Å². The molecule has 2 atom stereocenters. The van der Waals surface area contributed by atoms with Gasteiger partial charge in [0, 0.05) is 38.6 Å². The summed E-state index contributed by atoms with van der Waals surface area (Å²) in [5.74, 6) is 2.31. The van der Waals surface area contributed by atoms with Gasteiger partial charge in [0.25, 0.3) is 0 Å². The van der Waals surface area contributed by atoms with E-state index in [0.717, 1.165) is 25.4 Å². The number of nitriles is 1. The molecule has 0 radical (unpaired) electrons. The maximum Gasteiger partial charge on any atom is 0.225 e. The molecule has 0 aromatic heterocycles. The molecule has 0 spiro atoms. The average molecular weight is 355 g/mol. The van der Waals surface area contributed by atoms with Gasteiger partial charge in [0.2, 0.25) is 5.91 Å². The van der Waals surface area contributed by atoms with Crippen molar-refractivity contribution in [1.82, 2.24) is 9.80 Å². The minimum Gasteiger partial charge on any atom is -0.492 e. The molecule has 1 aromatic carbocycles. The van der Waals surface area contributed by atoms with E-state index in [9.17, 15) is 4.79 Å². The summed E-state index contributed by atoms with van der Waals surface area (Å²) in [5, 5.41) is 8.83. The zero-order chi connectivity index (χ0) is 18.7. The molecule has 0 N–H and O–H groups in total. The first kappa shape index (κ1) is 18.7. The van der Waals surface area contributed by atoms with Crippen LogP contribution in [0.2, 0.25) is 0 Å².